The number of amides is 1. The summed E-state index contributed by atoms with van der Waals surface area (Å²) in [6.45, 7) is 0. The summed E-state index contributed by atoms with van der Waals surface area (Å²) in [7, 11) is 0. The summed E-state index contributed by atoms with van der Waals surface area (Å²) in [6.07, 6.45) is 1.25. The molecule has 1 aromatic carbocycles. The van der Waals surface area contributed by atoms with E-state index >= 15 is 0 Å². The highest BCUT2D eigenvalue weighted by molar-refractivity contribution is 7.16. The minimum atomic E-state index is -1.22. The van der Waals surface area contributed by atoms with Crippen molar-refractivity contribution in [3.05, 3.63) is 62.5 Å². The third kappa shape index (κ3) is 3.52. The van der Waals surface area contributed by atoms with Crippen LogP contribution in [0, 0.1) is 10.1 Å². The maximum Gasteiger partial charge on any atom is 0.336 e. The number of rotatable bonds is 5. The lowest BCUT2D eigenvalue weighted by molar-refractivity contribution is -0.380. The highest BCUT2D eigenvalue weighted by Gasteiger charge is 2.15. The van der Waals surface area contributed by atoms with Crippen LogP contribution in [0.3, 0.4) is 0 Å². The monoisotopic (exact) mass is 319 g/mol. The zero-order chi connectivity index (χ0) is 16.1. The average molecular weight is 319 g/mol. The fourth-order valence-electron chi connectivity index (χ4n) is 1.59. The van der Waals surface area contributed by atoms with Crippen LogP contribution < -0.4 is 5.43 Å². The highest BCUT2D eigenvalue weighted by Crippen LogP contribution is 2.22. The van der Waals surface area contributed by atoms with Gasteiger partial charge in [0.25, 0.3) is 5.91 Å². The Labute approximate surface area is 127 Å². The van der Waals surface area contributed by atoms with Crippen LogP contribution in [0.4, 0.5) is 5.00 Å². The molecule has 22 heavy (non-hydrogen) atoms. The molecule has 0 fully saturated rings. The molecule has 0 bridgehead atoms. The number of hydrogen-bond donors (Lipinski definition) is 2. The van der Waals surface area contributed by atoms with E-state index in [9.17, 15) is 19.7 Å². The minimum Gasteiger partial charge on any atom is -0.478 e. The molecule has 2 rings (SSSR count). The summed E-state index contributed by atoms with van der Waals surface area (Å²) in [6, 6.07) is 8.53. The largest absolute Gasteiger partial charge is 0.478 e. The van der Waals surface area contributed by atoms with Crippen LogP contribution in [0.15, 0.2) is 41.5 Å². The maximum absolute atomic E-state index is 11.9. The van der Waals surface area contributed by atoms with Gasteiger partial charge in [-0.15, -0.1) is 0 Å². The van der Waals surface area contributed by atoms with E-state index in [1.807, 2.05) is 0 Å². The van der Waals surface area contributed by atoms with Gasteiger partial charge in [0.15, 0.2) is 0 Å². The molecule has 1 amide bonds. The van der Waals surface area contributed by atoms with Gasteiger partial charge in [-0.1, -0.05) is 23.5 Å². The quantitative estimate of drug-likeness (QED) is 0.496. The SMILES string of the molecule is O=C(O)c1ccccc1C(=O)N/N=C\c1ccc([N+](=O)[O-])s1. The molecule has 0 unspecified atom stereocenters. The van der Waals surface area contributed by atoms with Gasteiger partial charge >= 0.3 is 11.0 Å². The summed E-state index contributed by atoms with van der Waals surface area (Å²) in [5, 5.41) is 23.1. The first-order valence-corrected chi connectivity index (χ1v) is 6.70. The van der Waals surface area contributed by atoms with Gasteiger partial charge in [-0.2, -0.15) is 5.10 Å². The molecular formula is C13H9N3O5S. The van der Waals surface area contributed by atoms with Crippen LogP contribution in [0.5, 0.6) is 0 Å². The van der Waals surface area contributed by atoms with E-state index in [2.05, 4.69) is 10.5 Å². The number of aromatic carboxylic acids is 1. The molecule has 2 N–H and O–H groups in total. The molecule has 2 aromatic rings. The van der Waals surface area contributed by atoms with Crippen LogP contribution in [0.1, 0.15) is 25.6 Å². The lowest BCUT2D eigenvalue weighted by atomic mass is 10.1. The number of hydrogen-bond acceptors (Lipinski definition) is 6. The van der Waals surface area contributed by atoms with E-state index in [1.54, 1.807) is 0 Å². The van der Waals surface area contributed by atoms with Crippen molar-refractivity contribution in [1.82, 2.24) is 5.43 Å². The maximum atomic E-state index is 11.9. The second-order valence-electron chi connectivity index (χ2n) is 3.98. The number of carboxylic acids is 1. The Morgan fingerprint density at radius 1 is 1.23 bits per heavy atom. The summed E-state index contributed by atoms with van der Waals surface area (Å²) < 4.78 is 0. The normalized spacial score (nSPS) is 10.5. The first-order chi connectivity index (χ1) is 10.5. The van der Waals surface area contributed by atoms with Crippen LogP contribution in [0.25, 0.3) is 0 Å². The van der Waals surface area contributed by atoms with Gasteiger partial charge in [0, 0.05) is 6.07 Å². The Balaban J connectivity index is 2.08. The first-order valence-electron chi connectivity index (χ1n) is 5.89. The lowest BCUT2D eigenvalue weighted by Crippen LogP contribution is -2.20. The molecule has 1 aromatic heterocycles. The molecule has 0 saturated heterocycles. The van der Waals surface area contributed by atoms with E-state index in [-0.39, 0.29) is 16.1 Å². The molecule has 0 aliphatic heterocycles. The average Bonchev–Trinajstić information content (AvgIpc) is 2.96. The van der Waals surface area contributed by atoms with Gasteiger partial charge in [0.2, 0.25) is 0 Å². The zero-order valence-corrected chi connectivity index (χ0v) is 11.7. The van der Waals surface area contributed by atoms with Gasteiger partial charge in [-0.3, -0.25) is 14.9 Å². The van der Waals surface area contributed by atoms with E-state index in [0.29, 0.717) is 4.88 Å². The van der Waals surface area contributed by atoms with Crippen LogP contribution in [0.2, 0.25) is 0 Å². The van der Waals surface area contributed by atoms with Crippen molar-refractivity contribution in [2.24, 2.45) is 5.10 Å². The number of carboxylic acid groups (broad SMARTS) is 1. The molecule has 1 heterocycles. The highest BCUT2D eigenvalue weighted by atomic mass is 32.1. The predicted molar refractivity (Wildman–Crippen MR) is 79.4 cm³/mol. The number of benzene rings is 1. The van der Waals surface area contributed by atoms with Gasteiger partial charge in [0.1, 0.15) is 0 Å². The molecule has 8 nitrogen and oxygen atoms in total. The number of carbonyl (C=O) groups excluding carboxylic acids is 1. The molecule has 0 atom stereocenters. The third-order valence-electron chi connectivity index (χ3n) is 2.55. The van der Waals surface area contributed by atoms with Crippen LogP contribution in [-0.2, 0) is 0 Å². The van der Waals surface area contributed by atoms with Crippen molar-refractivity contribution in [3.63, 3.8) is 0 Å². The Hall–Kier alpha value is -3.07. The number of thiophene rings is 1. The van der Waals surface area contributed by atoms with Crippen molar-refractivity contribution in [2.45, 2.75) is 0 Å². The van der Waals surface area contributed by atoms with E-state index in [1.165, 1.54) is 42.6 Å². The minimum absolute atomic E-state index is 0.0238. The van der Waals surface area contributed by atoms with Gasteiger partial charge in [-0.25, -0.2) is 10.2 Å². The summed E-state index contributed by atoms with van der Waals surface area (Å²) >= 11 is 0.903. The van der Waals surface area contributed by atoms with Gasteiger partial charge < -0.3 is 5.11 Å². The second kappa shape index (κ2) is 6.59. The van der Waals surface area contributed by atoms with E-state index < -0.39 is 16.8 Å². The Kier molecular flexibility index (Phi) is 4.59. The van der Waals surface area contributed by atoms with E-state index in [0.717, 1.165) is 11.3 Å². The Bertz CT molecular complexity index is 769. The predicted octanol–water partition coefficient (Wildman–Crippen LogP) is 2.12. The molecule has 0 saturated carbocycles. The summed E-state index contributed by atoms with van der Waals surface area (Å²) in [5.41, 5.74) is 2.02. The first kappa shape index (κ1) is 15.3. The summed E-state index contributed by atoms with van der Waals surface area (Å²) in [4.78, 5) is 33.4. The summed E-state index contributed by atoms with van der Waals surface area (Å²) in [5.74, 6) is -1.90. The van der Waals surface area contributed by atoms with Crippen molar-refractivity contribution in [1.29, 1.82) is 0 Å². The Morgan fingerprint density at radius 3 is 2.50 bits per heavy atom. The molecule has 112 valence electrons. The molecule has 0 aliphatic rings. The van der Waals surface area contributed by atoms with Crippen LogP contribution >= 0.6 is 11.3 Å². The number of nitrogens with zero attached hydrogens (tertiary/aromatic N) is 2. The lowest BCUT2D eigenvalue weighted by Gasteiger charge is -2.03. The topological polar surface area (TPSA) is 122 Å². The molecule has 9 heteroatoms. The molecular weight excluding hydrogens is 310 g/mol. The number of nitrogens with one attached hydrogen (secondary N) is 1. The smallest absolute Gasteiger partial charge is 0.336 e. The second-order valence-corrected chi connectivity index (χ2v) is 5.08. The van der Waals surface area contributed by atoms with E-state index in [4.69, 9.17) is 5.11 Å². The Morgan fingerprint density at radius 2 is 1.91 bits per heavy atom. The number of nitro groups is 1. The number of hydrazone groups is 1. The van der Waals surface area contributed by atoms with Gasteiger partial charge in [0.05, 0.1) is 27.1 Å². The fraction of sp³-hybridized carbons (Fsp3) is 0. The standard InChI is InChI=1S/C13H9N3O5S/c17-12(9-3-1-2-4-10(9)13(18)19)15-14-7-8-5-6-11(22-8)16(20)21/h1-7H,(H,15,17)(H,18,19)/b14-7-. The van der Waals surface area contributed by atoms with Gasteiger partial charge in [-0.05, 0) is 18.2 Å². The molecule has 0 spiro atoms. The third-order valence-corrected chi connectivity index (χ3v) is 3.52. The molecule has 0 aliphatic carbocycles. The van der Waals surface area contributed by atoms with Crippen molar-refractivity contribution >= 4 is 34.4 Å². The van der Waals surface area contributed by atoms with Crippen molar-refractivity contribution in [3.8, 4) is 0 Å². The van der Waals surface area contributed by atoms with Crippen molar-refractivity contribution in [2.75, 3.05) is 0 Å². The zero-order valence-electron chi connectivity index (χ0n) is 10.9. The van der Waals surface area contributed by atoms with Crippen molar-refractivity contribution < 1.29 is 19.6 Å². The number of carbonyl (C=O) groups is 2. The molecule has 0 radical (unpaired) electrons. The fourth-order valence-corrected chi connectivity index (χ4v) is 2.29. The van der Waals surface area contributed by atoms with Crippen LogP contribution in [-0.4, -0.2) is 28.1 Å².